The number of carbonyl (C=O) groups excluding carboxylic acids is 1. The molecular formula is C20H28N2O3. The highest BCUT2D eigenvalue weighted by atomic mass is 16.5. The van der Waals surface area contributed by atoms with Gasteiger partial charge in [0.25, 0.3) is 5.91 Å². The molecule has 3 unspecified atom stereocenters. The Labute approximate surface area is 149 Å². The summed E-state index contributed by atoms with van der Waals surface area (Å²) in [7, 11) is 1.62. The van der Waals surface area contributed by atoms with Crippen LogP contribution in [0.15, 0.2) is 24.3 Å². The van der Waals surface area contributed by atoms with Crippen molar-refractivity contribution in [2.75, 3.05) is 20.2 Å². The van der Waals surface area contributed by atoms with Gasteiger partial charge in [-0.3, -0.25) is 4.79 Å². The molecule has 1 aromatic carbocycles. The van der Waals surface area contributed by atoms with Gasteiger partial charge in [0.1, 0.15) is 5.75 Å². The molecule has 4 rings (SSSR count). The molecule has 2 saturated carbocycles. The van der Waals surface area contributed by atoms with Crippen LogP contribution in [0.25, 0.3) is 0 Å². The standard InChI is InChI=1S/C20H28N2O3/c1-25-15-9-7-14(8-10-15)20(24,13-5-3-2-4-6-13)19(23)22-18-16-11-21-12-17(16)18/h7-10,13,16-18,21,24H,2-6,11-12H2,1H3,(H,22,23). The first kappa shape index (κ1) is 16.9. The average Bonchev–Trinajstić information content (AvgIpc) is 3.07. The average molecular weight is 344 g/mol. The largest absolute Gasteiger partial charge is 0.497 e. The van der Waals surface area contributed by atoms with Gasteiger partial charge in [0.05, 0.1) is 7.11 Å². The summed E-state index contributed by atoms with van der Waals surface area (Å²) in [6, 6.07) is 7.55. The second-order valence-electron chi connectivity index (χ2n) is 7.82. The van der Waals surface area contributed by atoms with Gasteiger partial charge < -0.3 is 20.5 Å². The quantitative estimate of drug-likeness (QED) is 0.762. The van der Waals surface area contributed by atoms with Crippen molar-refractivity contribution in [2.45, 2.75) is 43.7 Å². The van der Waals surface area contributed by atoms with Crippen molar-refractivity contribution in [1.82, 2.24) is 10.6 Å². The van der Waals surface area contributed by atoms with Crippen molar-refractivity contribution in [3.05, 3.63) is 29.8 Å². The van der Waals surface area contributed by atoms with Gasteiger partial charge in [-0.25, -0.2) is 0 Å². The summed E-state index contributed by atoms with van der Waals surface area (Å²) < 4.78 is 5.22. The summed E-state index contributed by atoms with van der Waals surface area (Å²) >= 11 is 0. The van der Waals surface area contributed by atoms with Gasteiger partial charge in [0, 0.05) is 25.0 Å². The van der Waals surface area contributed by atoms with Gasteiger partial charge in [0.2, 0.25) is 0 Å². The molecule has 0 spiro atoms. The van der Waals surface area contributed by atoms with Gasteiger partial charge in [-0.05, 0) is 42.4 Å². The monoisotopic (exact) mass is 344 g/mol. The Balaban J connectivity index is 1.58. The SMILES string of the molecule is COc1ccc(C(O)(C(=O)NC2C3CNCC32)C2CCCCC2)cc1. The van der Waals surface area contributed by atoms with Crippen LogP contribution in [-0.2, 0) is 10.4 Å². The minimum atomic E-state index is -1.45. The highest BCUT2D eigenvalue weighted by Gasteiger charge is 2.56. The molecular weight excluding hydrogens is 316 g/mol. The third-order valence-corrected chi connectivity index (χ3v) is 6.46. The Hall–Kier alpha value is -1.59. The molecule has 1 aromatic rings. The zero-order chi connectivity index (χ0) is 17.4. The molecule has 3 N–H and O–H groups in total. The lowest BCUT2D eigenvalue weighted by molar-refractivity contribution is -0.149. The Morgan fingerprint density at radius 2 is 1.80 bits per heavy atom. The molecule has 0 aromatic heterocycles. The number of hydrogen-bond donors (Lipinski definition) is 3. The number of aliphatic hydroxyl groups is 1. The molecule has 3 aliphatic rings. The van der Waals surface area contributed by atoms with E-state index in [1.807, 2.05) is 24.3 Å². The second kappa shape index (κ2) is 6.61. The number of amides is 1. The lowest BCUT2D eigenvalue weighted by Crippen LogP contribution is -2.51. The summed E-state index contributed by atoms with van der Waals surface area (Å²) in [4.78, 5) is 13.2. The van der Waals surface area contributed by atoms with Crippen LogP contribution in [0.4, 0.5) is 0 Å². The number of rotatable bonds is 5. The number of ether oxygens (including phenoxy) is 1. The number of benzene rings is 1. The molecule has 1 aliphatic heterocycles. The van der Waals surface area contributed by atoms with Gasteiger partial charge in [-0.1, -0.05) is 31.4 Å². The maximum Gasteiger partial charge on any atom is 0.257 e. The van der Waals surface area contributed by atoms with Gasteiger partial charge in [-0.15, -0.1) is 0 Å². The molecule has 3 atom stereocenters. The molecule has 1 saturated heterocycles. The van der Waals surface area contributed by atoms with Gasteiger partial charge >= 0.3 is 0 Å². The predicted molar refractivity (Wildman–Crippen MR) is 95.2 cm³/mol. The highest BCUT2D eigenvalue weighted by Crippen LogP contribution is 2.44. The number of nitrogens with one attached hydrogen (secondary N) is 2. The maximum atomic E-state index is 13.2. The molecule has 0 bridgehead atoms. The summed E-state index contributed by atoms with van der Waals surface area (Å²) in [5.41, 5.74) is -0.765. The Kier molecular flexibility index (Phi) is 4.46. The van der Waals surface area contributed by atoms with E-state index in [1.165, 1.54) is 6.42 Å². The fourth-order valence-electron chi connectivity index (χ4n) is 4.81. The molecule has 3 fully saturated rings. The zero-order valence-electron chi connectivity index (χ0n) is 14.8. The van der Waals surface area contributed by atoms with Crippen molar-refractivity contribution < 1.29 is 14.6 Å². The second-order valence-corrected chi connectivity index (χ2v) is 7.82. The molecule has 136 valence electrons. The number of fused-ring (bicyclic) bond motifs is 1. The van der Waals surface area contributed by atoms with Crippen LogP contribution in [0.5, 0.6) is 5.75 Å². The van der Waals surface area contributed by atoms with E-state index < -0.39 is 5.60 Å². The molecule has 1 heterocycles. The van der Waals surface area contributed by atoms with E-state index in [0.29, 0.717) is 17.4 Å². The lowest BCUT2D eigenvalue weighted by atomic mass is 9.72. The minimum Gasteiger partial charge on any atom is -0.497 e. The van der Waals surface area contributed by atoms with Crippen molar-refractivity contribution in [1.29, 1.82) is 0 Å². The third-order valence-electron chi connectivity index (χ3n) is 6.46. The summed E-state index contributed by atoms with van der Waals surface area (Å²) in [5.74, 6) is 1.57. The van der Waals surface area contributed by atoms with Crippen LogP contribution in [0.2, 0.25) is 0 Å². The molecule has 1 amide bonds. The summed E-state index contributed by atoms with van der Waals surface area (Å²) in [5, 5.41) is 18.1. The molecule has 25 heavy (non-hydrogen) atoms. The fourth-order valence-corrected chi connectivity index (χ4v) is 4.81. The van der Waals surface area contributed by atoms with E-state index >= 15 is 0 Å². The third kappa shape index (κ3) is 2.93. The predicted octanol–water partition coefficient (Wildman–Crippen LogP) is 1.80. The van der Waals surface area contributed by atoms with Crippen LogP contribution in [0.1, 0.15) is 37.7 Å². The molecule has 0 radical (unpaired) electrons. The first-order chi connectivity index (χ1) is 12.1. The van der Waals surface area contributed by atoms with Crippen LogP contribution in [-0.4, -0.2) is 37.3 Å². The Bertz CT molecular complexity index is 616. The van der Waals surface area contributed by atoms with Crippen LogP contribution in [0, 0.1) is 17.8 Å². The lowest BCUT2D eigenvalue weighted by Gasteiger charge is -2.38. The number of piperidine rings is 1. The number of methoxy groups -OCH3 is 1. The highest BCUT2D eigenvalue weighted by molar-refractivity contribution is 5.87. The van der Waals surface area contributed by atoms with Crippen molar-refractivity contribution in [3.8, 4) is 5.75 Å². The van der Waals surface area contributed by atoms with Crippen molar-refractivity contribution >= 4 is 5.91 Å². The first-order valence-corrected chi connectivity index (χ1v) is 9.53. The molecule has 5 heteroatoms. The fraction of sp³-hybridized carbons (Fsp3) is 0.650. The minimum absolute atomic E-state index is 0.0219. The first-order valence-electron chi connectivity index (χ1n) is 9.53. The number of hydrogen-bond acceptors (Lipinski definition) is 4. The smallest absolute Gasteiger partial charge is 0.257 e. The number of carbonyl (C=O) groups is 1. The van der Waals surface area contributed by atoms with Gasteiger partial charge in [-0.2, -0.15) is 0 Å². The van der Waals surface area contributed by atoms with Crippen LogP contribution < -0.4 is 15.4 Å². The van der Waals surface area contributed by atoms with Crippen molar-refractivity contribution in [3.63, 3.8) is 0 Å². The van der Waals surface area contributed by atoms with Crippen LogP contribution in [0.3, 0.4) is 0 Å². The molecule has 2 aliphatic carbocycles. The van der Waals surface area contributed by atoms with Crippen molar-refractivity contribution in [2.24, 2.45) is 17.8 Å². The van der Waals surface area contributed by atoms with E-state index in [9.17, 15) is 9.90 Å². The Morgan fingerprint density at radius 3 is 2.40 bits per heavy atom. The Morgan fingerprint density at radius 1 is 1.16 bits per heavy atom. The van der Waals surface area contributed by atoms with E-state index in [-0.39, 0.29) is 17.9 Å². The van der Waals surface area contributed by atoms with E-state index in [0.717, 1.165) is 44.5 Å². The zero-order valence-corrected chi connectivity index (χ0v) is 14.8. The summed E-state index contributed by atoms with van der Waals surface area (Å²) in [6.45, 7) is 1.94. The van der Waals surface area contributed by atoms with E-state index in [4.69, 9.17) is 4.74 Å². The van der Waals surface area contributed by atoms with Gasteiger partial charge in [0.15, 0.2) is 5.60 Å². The maximum absolute atomic E-state index is 13.2. The normalized spacial score (nSPS) is 31.0. The topological polar surface area (TPSA) is 70.6 Å². The molecule has 5 nitrogen and oxygen atoms in total. The van der Waals surface area contributed by atoms with E-state index in [1.54, 1.807) is 7.11 Å². The summed E-state index contributed by atoms with van der Waals surface area (Å²) in [6.07, 6.45) is 5.14. The van der Waals surface area contributed by atoms with E-state index in [2.05, 4.69) is 10.6 Å². The van der Waals surface area contributed by atoms with Crippen LogP contribution >= 0.6 is 0 Å².